The maximum atomic E-state index is 12.8. The highest BCUT2D eigenvalue weighted by Crippen LogP contribution is 2.05. The van der Waals surface area contributed by atoms with E-state index < -0.39 is 29.7 Å². The lowest BCUT2D eigenvalue weighted by Gasteiger charge is -2.14. The topological polar surface area (TPSA) is 81.7 Å². The van der Waals surface area contributed by atoms with Crippen LogP contribution in [0.15, 0.2) is 36.4 Å². The predicted octanol–water partition coefficient (Wildman–Crippen LogP) is 1.15. The molecular weight excluding hydrogens is 305 g/mol. The Morgan fingerprint density at radius 3 is 2.39 bits per heavy atom. The van der Waals surface area contributed by atoms with E-state index in [0.29, 0.717) is 5.56 Å². The third-order valence-electron chi connectivity index (χ3n) is 2.93. The third-order valence-corrected chi connectivity index (χ3v) is 2.93. The molecule has 0 aliphatic heterocycles. The van der Waals surface area contributed by atoms with E-state index in [4.69, 9.17) is 0 Å². The Labute approximate surface area is 133 Å². The molecule has 0 bridgehead atoms. The van der Waals surface area contributed by atoms with E-state index in [-0.39, 0.29) is 12.8 Å². The zero-order chi connectivity index (χ0) is 17.2. The third kappa shape index (κ3) is 6.73. The molecule has 6 nitrogen and oxygen atoms in total. The van der Waals surface area contributed by atoms with Crippen LogP contribution in [-0.2, 0) is 30.3 Å². The number of ether oxygens (including phenoxy) is 2. The van der Waals surface area contributed by atoms with E-state index in [2.05, 4.69) is 14.8 Å². The van der Waals surface area contributed by atoms with Gasteiger partial charge in [0.25, 0.3) is 0 Å². The Bertz CT molecular complexity index is 583. The van der Waals surface area contributed by atoms with Crippen LogP contribution in [0.1, 0.15) is 12.0 Å². The number of halogens is 1. The molecule has 1 rings (SSSR count). The molecule has 1 N–H and O–H groups in total. The summed E-state index contributed by atoms with van der Waals surface area (Å²) in [5.74, 6) is -2.01. The van der Waals surface area contributed by atoms with Gasteiger partial charge in [-0.1, -0.05) is 18.2 Å². The van der Waals surface area contributed by atoms with Crippen LogP contribution in [0.4, 0.5) is 4.39 Å². The van der Waals surface area contributed by atoms with Crippen LogP contribution in [0.25, 0.3) is 0 Å². The average Bonchev–Trinajstić information content (AvgIpc) is 2.55. The highest BCUT2D eigenvalue weighted by molar-refractivity contribution is 5.86. The normalized spacial score (nSPS) is 11.8. The standard InChI is InChI=1S/C16H18FNO5/c1-22-15(20)5-3-4-13(16(21)23-2)18-14(19)10-11-6-8-12(17)9-7-11/h3,5-9,13H,4,10H2,1-2H3,(H,18,19)/b5-3+/t13-/m0/s1. The van der Waals surface area contributed by atoms with Gasteiger partial charge >= 0.3 is 11.9 Å². The number of esters is 2. The van der Waals surface area contributed by atoms with Crippen LogP contribution < -0.4 is 5.32 Å². The lowest BCUT2D eigenvalue weighted by molar-refractivity contribution is -0.145. The molecule has 0 aromatic heterocycles. The second-order valence-corrected chi connectivity index (χ2v) is 4.61. The van der Waals surface area contributed by atoms with Crippen molar-refractivity contribution in [3.63, 3.8) is 0 Å². The minimum Gasteiger partial charge on any atom is -0.467 e. The maximum absolute atomic E-state index is 12.8. The Morgan fingerprint density at radius 2 is 1.83 bits per heavy atom. The van der Waals surface area contributed by atoms with Gasteiger partial charge in [0, 0.05) is 6.08 Å². The zero-order valence-electron chi connectivity index (χ0n) is 12.9. The fourth-order valence-corrected chi connectivity index (χ4v) is 1.76. The van der Waals surface area contributed by atoms with Crippen molar-refractivity contribution in [2.24, 2.45) is 0 Å². The first kappa shape index (κ1) is 18.3. The van der Waals surface area contributed by atoms with Gasteiger partial charge in [-0.25, -0.2) is 14.0 Å². The molecule has 0 aliphatic carbocycles. The summed E-state index contributed by atoms with van der Waals surface area (Å²) < 4.78 is 21.9. The maximum Gasteiger partial charge on any atom is 0.330 e. The first-order valence-electron chi connectivity index (χ1n) is 6.82. The molecule has 1 amide bonds. The summed E-state index contributed by atoms with van der Waals surface area (Å²) in [4.78, 5) is 34.6. The monoisotopic (exact) mass is 323 g/mol. The molecule has 0 saturated carbocycles. The van der Waals surface area contributed by atoms with Gasteiger partial charge in [-0.05, 0) is 24.1 Å². The van der Waals surface area contributed by atoms with E-state index in [1.807, 2.05) is 0 Å². The molecule has 0 unspecified atom stereocenters. The van der Waals surface area contributed by atoms with Crippen molar-refractivity contribution in [1.82, 2.24) is 5.32 Å². The Morgan fingerprint density at radius 1 is 1.17 bits per heavy atom. The van der Waals surface area contributed by atoms with Crippen molar-refractivity contribution < 1.29 is 28.2 Å². The van der Waals surface area contributed by atoms with Gasteiger partial charge in [-0.15, -0.1) is 0 Å². The van der Waals surface area contributed by atoms with Crippen LogP contribution in [0.3, 0.4) is 0 Å². The molecule has 0 radical (unpaired) electrons. The highest BCUT2D eigenvalue weighted by atomic mass is 19.1. The molecule has 23 heavy (non-hydrogen) atoms. The van der Waals surface area contributed by atoms with E-state index in [9.17, 15) is 18.8 Å². The Kier molecular flexibility index (Phi) is 7.45. The first-order chi connectivity index (χ1) is 11.0. The lowest BCUT2D eigenvalue weighted by atomic mass is 10.1. The van der Waals surface area contributed by atoms with Gasteiger partial charge < -0.3 is 14.8 Å². The molecule has 0 spiro atoms. The van der Waals surface area contributed by atoms with Gasteiger partial charge in [0.1, 0.15) is 11.9 Å². The summed E-state index contributed by atoms with van der Waals surface area (Å²) in [6.07, 6.45) is 2.64. The van der Waals surface area contributed by atoms with E-state index in [1.54, 1.807) is 0 Å². The number of nitrogens with one attached hydrogen (secondary N) is 1. The molecule has 0 aliphatic rings. The van der Waals surface area contributed by atoms with Gasteiger partial charge in [0.05, 0.1) is 20.6 Å². The highest BCUT2D eigenvalue weighted by Gasteiger charge is 2.20. The van der Waals surface area contributed by atoms with E-state index in [0.717, 1.165) is 6.08 Å². The molecular formula is C16H18FNO5. The molecule has 1 aromatic carbocycles. The van der Waals surface area contributed by atoms with Crippen LogP contribution in [0, 0.1) is 5.82 Å². The molecule has 0 heterocycles. The van der Waals surface area contributed by atoms with Gasteiger partial charge in [0.2, 0.25) is 5.91 Å². The van der Waals surface area contributed by atoms with E-state index in [1.165, 1.54) is 44.6 Å². The smallest absolute Gasteiger partial charge is 0.330 e. The predicted molar refractivity (Wildman–Crippen MR) is 79.8 cm³/mol. The van der Waals surface area contributed by atoms with Crippen molar-refractivity contribution in [1.29, 1.82) is 0 Å². The number of carbonyl (C=O) groups excluding carboxylic acids is 3. The second kappa shape index (κ2) is 9.34. The molecule has 7 heteroatoms. The van der Waals surface area contributed by atoms with Crippen LogP contribution in [-0.4, -0.2) is 38.1 Å². The number of methoxy groups -OCH3 is 2. The summed E-state index contributed by atoms with van der Waals surface area (Å²) in [5, 5.41) is 2.51. The summed E-state index contributed by atoms with van der Waals surface area (Å²) in [5.41, 5.74) is 0.609. The first-order valence-corrected chi connectivity index (χ1v) is 6.82. The summed E-state index contributed by atoms with van der Waals surface area (Å²) in [6, 6.07) is 4.55. The largest absolute Gasteiger partial charge is 0.467 e. The Balaban J connectivity index is 2.63. The summed E-state index contributed by atoms with van der Waals surface area (Å²) >= 11 is 0. The summed E-state index contributed by atoms with van der Waals surface area (Å²) in [7, 11) is 2.43. The zero-order valence-corrected chi connectivity index (χ0v) is 12.9. The number of amides is 1. The van der Waals surface area contributed by atoms with Gasteiger partial charge in [0.15, 0.2) is 0 Å². The van der Waals surface area contributed by atoms with Crippen molar-refractivity contribution in [3.05, 3.63) is 47.8 Å². The number of rotatable bonds is 7. The fourth-order valence-electron chi connectivity index (χ4n) is 1.76. The van der Waals surface area contributed by atoms with Crippen LogP contribution >= 0.6 is 0 Å². The number of hydrogen-bond acceptors (Lipinski definition) is 5. The molecule has 124 valence electrons. The van der Waals surface area contributed by atoms with Crippen LogP contribution in [0.5, 0.6) is 0 Å². The fraction of sp³-hybridized carbons (Fsp3) is 0.312. The minimum atomic E-state index is -0.922. The number of hydrogen-bond donors (Lipinski definition) is 1. The summed E-state index contributed by atoms with van der Waals surface area (Å²) in [6.45, 7) is 0. The van der Waals surface area contributed by atoms with Crippen molar-refractivity contribution >= 4 is 17.8 Å². The van der Waals surface area contributed by atoms with E-state index >= 15 is 0 Å². The van der Waals surface area contributed by atoms with Crippen molar-refractivity contribution in [2.75, 3.05) is 14.2 Å². The van der Waals surface area contributed by atoms with Crippen LogP contribution in [0.2, 0.25) is 0 Å². The molecule has 1 atom stereocenters. The Hall–Kier alpha value is -2.70. The van der Waals surface area contributed by atoms with Gasteiger partial charge in [-0.2, -0.15) is 0 Å². The quantitative estimate of drug-likeness (QED) is 0.601. The molecule has 0 saturated heterocycles. The second-order valence-electron chi connectivity index (χ2n) is 4.61. The molecule has 0 fully saturated rings. The van der Waals surface area contributed by atoms with Crippen molar-refractivity contribution in [2.45, 2.75) is 18.9 Å². The number of benzene rings is 1. The minimum absolute atomic E-state index is 0.00547. The lowest BCUT2D eigenvalue weighted by Crippen LogP contribution is -2.41. The molecule has 1 aromatic rings. The SMILES string of the molecule is COC(=O)/C=C/C[C@H](NC(=O)Cc1ccc(F)cc1)C(=O)OC. The average molecular weight is 323 g/mol. The van der Waals surface area contributed by atoms with Crippen molar-refractivity contribution in [3.8, 4) is 0 Å². The van der Waals surface area contributed by atoms with Gasteiger partial charge in [-0.3, -0.25) is 4.79 Å². The number of carbonyl (C=O) groups is 3.